The fourth-order valence-corrected chi connectivity index (χ4v) is 3.07. The lowest BCUT2D eigenvalue weighted by atomic mass is 9.97. The van der Waals surface area contributed by atoms with Crippen molar-refractivity contribution in [3.05, 3.63) is 53.9 Å². The summed E-state index contributed by atoms with van der Waals surface area (Å²) in [5.41, 5.74) is 3.22. The van der Waals surface area contributed by atoms with E-state index in [9.17, 15) is 9.59 Å². The summed E-state index contributed by atoms with van der Waals surface area (Å²) in [4.78, 5) is 31.9. The first-order chi connectivity index (χ1) is 13.6. The number of nitrogens with one attached hydrogen (secondary N) is 3. The number of carbonyl (C=O) groups is 2. The molecular weight excluding hydrogens is 354 g/mol. The van der Waals surface area contributed by atoms with Gasteiger partial charge >= 0.3 is 0 Å². The zero-order valence-electron chi connectivity index (χ0n) is 16.0. The van der Waals surface area contributed by atoms with E-state index in [0.717, 1.165) is 24.9 Å². The van der Waals surface area contributed by atoms with E-state index >= 15 is 0 Å². The monoisotopic (exact) mass is 379 g/mol. The molecule has 2 aromatic rings. The molecule has 2 amide bonds. The van der Waals surface area contributed by atoms with Gasteiger partial charge in [-0.15, -0.1) is 0 Å². The predicted molar refractivity (Wildman–Crippen MR) is 110 cm³/mol. The fraction of sp³-hybridized carbons (Fsp3) is 0.333. The van der Waals surface area contributed by atoms with E-state index in [4.69, 9.17) is 0 Å². The largest absolute Gasteiger partial charge is 0.350 e. The summed E-state index contributed by atoms with van der Waals surface area (Å²) in [5, 5.41) is 8.70. The van der Waals surface area contributed by atoms with Crippen LogP contribution in [0, 0.1) is 0 Å². The number of allylic oxidation sites excluding steroid dienone is 1. The second-order valence-electron chi connectivity index (χ2n) is 6.76. The molecule has 0 spiro atoms. The van der Waals surface area contributed by atoms with E-state index in [0.29, 0.717) is 23.9 Å². The average Bonchev–Trinajstić information content (AvgIpc) is 2.70. The molecule has 28 heavy (non-hydrogen) atoms. The van der Waals surface area contributed by atoms with Crippen LogP contribution in [-0.2, 0) is 4.79 Å². The molecule has 0 bridgehead atoms. The van der Waals surface area contributed by atoms with Crippen molar-refractivity contribution in [1.82, 2.24) is 15.3 Å². The lowest BCUT2D eigenvalue weighted by molar-refractivity contribution is -0.114. The summed E-state index contributed by atoms with van der Waals surface area (Å²) >= 11 is 0. The van der Waals surface area contributed by atoms with Crippen LogP contribution in [0.2, 0.25) is 0 Å². The predicted octanol–water partition coefficient (Wildman–Crippen LogP) is 3.80. The van der Waals surface area contributed by atoms with Gasteiger partial charge in [0.25, 0.3) is 5.91 Å². The highest BCUT2D eigenvalue weighted by Gasteiger charge is 2.10. The number of rotatable bonds is 7. The van der Waals surface area contributed by atoms with Gasteiger partial charge < -0.3 is 16.0 Å². The van der Waals surface area contributed by atoms with Crippen LogP contribution in [0.25, 0.3) is 0 Å². The Kier molecular flexibility index (Phi) is 6.73. The van der Waals surface area contributed by atoms with Gasteiger partial charge in [0.15, 0.2) is 0 Å². The number of amides is 2. The second-order valence-corrected chi connectivity index (χ2v) is 6.76. The van der Waals surface area contributed by atoms with Gasteiger partial charge in [-0.25, -0.2) is 9.97 Å². The summed E-state index contributed by atoms with van der Waals surface area (Å²) in [5.74, 6) is 0.0142. The minimum Gasteiger partial charge on any atom is -0.350 e. The molecule has 0 radical (unpaired) electrons. The van der Waals surface area contributed by atoms with E-state index in [-0.39, 0.29) is 11.8 Å². The van der Waals surface area contributed by atoms with E-state index in [1.54, 1.807) is 36.5 Å². The smallest absolute Gasteiger partial charge is 0.270 e. The van der Waals surface area contributed by atoms with Crippen LogP contribution in [-0.4, -0.2) is 28.3 Å². The first-order valence-corrected chi connectivity index (χ1v) is 9.54. The van der Waals surface area contributed by atoms with Crippen molar-refractivity contribution in [2.75, 3.05) is 17.2 Å². The number of benzene rings is 1. The van der Waals surface area contributed by atoms with Gasteiger partial charge in [0.1, 0.15) is 5.69 Å². The van der Waals surface area contributed by atoms with Crippen LogP contribution >= 0.6 is 0 Å². The number of anilines is 3. The molecule has 7 nitrogen and oxygen atoms in total. The van der Waals surface area contributed by atoms with E-state index in [2.05, 4.69) is 32.0 Å². The highest BCUT2D eigenvalue weighted by atomic mass is 16.2. The van der Waals surface area contributed by atoms with Crippen LogP contribution in [0.5, 0.6) is 0 Å². The van der Waals surface area contributed by atoms with Gasteiger partial charge in [0, 0.05) is 31.0 Å². The molecule has 1 heterocycles. The maximum absolute atomic E-state index is 12.3. The highest BCUT2D eigenvalue weighted by Crippen LogP contribution is 2.19. The standard InChI is InChI=1S/C21H25N5O2/c1-15(27)24-17-7-9-18(10-8-17)25-21-23-14-12-19(26-21)20(28)22-13-11-16-5-3-2-4-6-16/h5,7-10,12,14H,2-4,6,11,13H2,1H3,(H,22,28)(H,24,27)(H,23,25,26). The van der Waals surface area contributed by atoms with Crippen molar-refractivity contribution in [1.29, 1.82) is 0 Å². The van der Waals surface area contributed by atoms with Crippen LogP contribution < -0.4 is 16.0 Å². The molecule has 7 heteroatoms. The Morgan fingerprint density at radius 3 is 2.57 bits per heavy atom. The summed E-state index contributed by atoms with van der Waals surface area (Å²) in [6, 6.07) is 8.76. The number of aromatic nitrogens is 2. The Bertz CT molecular complexity index is 861. The molecule has 3 rings (SSSR count). The minimum atomic E-state index is -0.206. The Morgan fingerprint density at radius 1 is 1.07 bits per heavy atom. The average molecular weight is 379 g/mol. The van der Waals surface area contributed by atoms with Gasteiger partial charge in [-0.1, -0.05) is 11.6 Å². The zero-order valence-corrected chi connectivity index (χ0v) is 16.0. The highest BCUT2D eigenvalue weighted by molar-refractivity contribution is 5.92. The summed E-state index contributed by atoms with van der Waals surface area (Å²) < 4.78 is 0. The topological polar surface area (TPSA) is 96.0 Å². The number of hydrogen-bond acceptors (Lipinski definition) is 5. The summed E-state index contributed by atoms with van der Waals surface area (Å²) in [6.07, 6.45) is 9.53. The zero-order chi connectivity index (χ0) is 19.8. The van der Waals surface area contributed by atoms with Crippen molar-refractivity contribution in [3.63, 3.8) is 0 Å². The lowest BCUT2D eigenvalue weighted by Gasteiger charge is -2.13. The number of hydrogen-bond donors (Lipinski definition) is 3. The van der Waals surface area contributed by atoms with Gasteiger partial charge in [0.2, 0.25) is 11.9 Å². The van der Waals surface area contributed by atoms with E-state index < -0.39 is 0 Å². The van der Waals surface area contributed by atoms with Gasteiger partial charge in [-0.2, -0.15) is 0 Å². The third kappa shape index (κ3) is 5.90. The van der Waals surface area contributed by atoms with Crippen LogP contribution in [0.3, 0.4) is 0 Å². The molecule has 0 unspecified atom stereocenters. The van der Waals surface area contributed by atoms with Gasteiger partial charge in [-0.3, -0.25) is 9.59 Å². The van der Waals surface area contributed by atoms with Gasteiger partial charge in [0.05, 0.1) is 0 Å². The molecule has 0 atom stereocenters. The fourth-order valence-electron chi connectivity index (χ4n) is 3.07. The van der Waals surface area contributed by atoms with Crippen molar-refractivity contribution in [3.8, 4) is 0 Å². The van der Waals surface area contributed by atoms with Crippen molar-refractivity contribution < 1.29 is 9.59 Å². The Balaban J connectivity index is 1.54. The SMILES string of the molecule is CC(=O)Nc1ccc(Nc2nccc(C(=O)NCCC3=CCCCC3)n2)cc1. The second kappa shape index (κ2) is 9.64. The van der Waals surface area contributed by atoms with E-state index in [1.807, 2.05) is 0 Å². The summed E-state index contributed by atoms with van der Waals surface area (Å²) in [6.45, 7) is 2.07. The lowest BCUT2D eigenvalue weighted by Crippen LogP contribution is -2.26. The quantitative estimate of drug-likeness (QED) is 0.636. The number of nitrogens with zero attached hydrogens (tertiary/aromatic N) is 2. The molecule has 0 aliphatic heterocycles. The third-order valence-corrected chi connectivity index (χ3v) is 4.47. The van der Waals surface area contributed by atoms with Crippen molar-refractivity contribution in [2.24, 2.45) is 0 Å². The molecule has 0 saturated carbocycles. The maximum Gasteiger partial charge on any atom is 0.270 e. The first kappa shape index (κ1) is 19.5. The van der Waals surface area contributed by atoms with Gasteiger partial charge in [-0.05, 0) is 62.4 Å². The van der Waals surface area contributed by atoms with Crippen LogP contribution in [0.4, 0.5) is 17.3 Å². The summed E-state index contributed by atoms with van der Waals surface area (Å²) in [7, 11) is 0. The Hall–Kier alpha value is -3.22. The molecule has 0 saturated heterocycles. The maximum atomic E-state index is 12.3. The van der Waals surface area contributed by atoms with E-state index in [1.165, 1.54) is 25.3 Å². The molecule has 3 N–H and O–H groups in total. The molecule has 0 fully saturated rings. The molecule has 1 aromatic heterocycles. The molecule has 1 aliphatic carbocycles. The van der Waals surface area contributed by atoms with Crippen molar-refractivity contribution in [2.45, 2.75) is 39.0 Å². The van der Waals surface area contributed by atoms with Crippen molar-refractivity contribution >= 4 is 29.1 Å². The Morgan fingerprint density at radius 2 is 1.86 bits per heavy atom. The molecular formula is C21H25N5O2. The molecule has 146 valence electrons. The first-order valence-electron chi connectivity index (χ1n) is 9.54. The Labute approximate surface area is 164 Å². The minimum absolute atomic E-state index is 0.123. The number of carbonyl (C=O) groups excluding carboxylic acids is 2. The molecule has 1 aliphatic rings. The molecule has 1 aromatic carbocycles. The third-order valence-electron chi connectivity index (χ3n) is 4.47. The normalized spacial score (nSPS) is 13.4. The van der Waals surface area contributed by atoms with Crippen LogP contribution in [0.1, 0.15) is 49.5 Å². The van der Waals surface area contributed by atoms with Crippen LogP contribution in [0.15, 0.2) is 48.2 Å².